The SMILES string of the molecule is CCCCCCCCCCCCCCCCCCCCCCCCCCCCCCC(=O)CCCCCCCCCCCCCCCCCCCCCCCC. The van der Waals surface area contributed by atoms with Crippen molar-refractivity contribution in [3.8, 4) is 0 Å². The Morgan fingerprint density at radius 1 is 0.179 bits per heavy atom. The van der Waals surface area contributed by atoms with E-state index in [0.717, 1.165) is 25.7 Å². The second kappa shape index (κ2) is 52.7. The molecule has 0 amide bonds. The van der Waals surface area contributed by atoms with E-state index in [2.05, 4.69) is 13.8 Å². The number of rotatable bonds is 52. The molecule has 0 rings (SSSR count). The van der Waals surface area contributed by atoms with Crippen molar-refractivity contribution >= 4 is 5.78 Å². The van der Waals surface area contributed by atoms with E-state index in [1.165, 1.54) is 308 Å². The average molecular weight is 787 g/mol. The standard InChI is InChI=1S/C55H110O/c1-3-5-7-9-11-13-15-17-19-21-23-25-27-28-29-30-31-32-34-36-38-40-42-44-46-48-50-52-54-55(56)53-51-49-47-45-43-41-39-37-35-33-26-24-22-20-18-16-14-12-10-8-6-4-2/h3-54H2,1-2H3. The van der Waals surface area contributed by atoms with Gasteiger partial charge in [-0.3, -0.25) is 4.79 Å². The molecule has 0 N–H and O–H groups in total. The first-order valence-electron chi connectivity index (χ1n) is 27.3. The highest BCUT2D eigenvalue weighted by Gasteiger charge is 2.03. The van der Waals surface area contributed by atoms with Gasteiger partial charge in [-0.2, -0.15) is 0 Å². The smallest absolute Gasteiger partial charge is 0.132 e. The van der Waals surface area contributed by atoms with Crippen molar-refractivity contribution in [2.24, 2.45) is 0 Å². The minimum atomic E-state index is 0.535. The number of carbonyl (C=O) groups excluding carboxylic acids is 1. The summed E-state index contributed by atoms with van der Waals surface area (Å²) < 4.78 is 0. The Kier molecular flexibility index (Phi) is 52.4. The molecule has 336 valence electrons. The summed E-state index contributed by atoms with van der Waals surface area (Å²) in [4.78, 5) is 12.3. The number of hydrogen-bond acceptors (Lipinski definition) is 1. The van der Waals surface area contributed by atoms with Crippen LogP contribution in [0.3, 0.4) is 0 Å². The minimum Gasteiger partial charge on any atom is -0.300 e. The number of carbonyl (C=O) groups is 1. The summed E-state index contributed by atoms with van der Waals surface area (Å²) in [5.41, 5.74) is 0. The summed E-state index contributed by atoms with van der Waals surface area (Å²) in [7, 11) is 0. The van der Waals surface area contributed by atoms with Gasteiger partial charge < -0.3 is 0 Å². The average Bonchev–Trinajstić information content (AvgIpc) is 3.20. The van der Waals surface area contributed by atoms with Gasteiger partial charge in [-0.15, -0.1) is 0 Å². The van der Waals surface area contributed by atoms with E-state index >= 15 is 0 Å². The van der Waals surface area contributed by atoms with Crippen molar-refractivity contribution in [2.75, 3.05) is 0 Å². The zero-order chi connectivity index (χ0) is 40.3. The summed E-state index contributed by atoms with van der Waals surface area (Å²) in [6.07, 6.45) is 73.2. The second-order valence-corrected chi connectivity index (χ2v) is 19.0. The molecule has 0 aliphatic rings. The Bertz CT molecular complexity index is 683. The zero-order valence-electron chi connectivity index (χ0n) is 39.7. The predicted molar refractivity (Wildman–Crippen MR) is 256 cm³/mol. The van der Waals surface area contributed by atoms with Gasteiger partial charge in [0.05, 0.1) is 0 Å². The molecule has 0 heterocycles. The van der Waals surface area contributed by atoms with Gasteiger partial charge in [-0.1, -0.05) is 322 Å². The van der Waals surface area contributed by atoms with Crippen LogP contribution in [0, 0.1) is 0 Å². The largest absolute Gasteiger partial charge is 0.300 e. The molecule has 0 atom stereocenters. The van der Waals surface area contributed by atoms with Crippen molar-refractivity contribution in [3.05, 3.63) is 0 Å². The third-order valence-electron chi connectivity index (χ3n) is 13.1. The Morgan fingerprint density at radius 3 is 0.411 bits per heavy atom. The lowest BCUT2D eigenvalue weighted by atomic mass is 10.0. The van der Waals surface area contributed by atoms with E-state index in [1.54, 1.807) is 0 Å². The quantitative estimate of drug-likeness (QED) is 0.0561. The Hall–Kier alpha value is -0.330. The van der Waals surface area contributed by atoms with E-state index in [4.69, 9.17) is 0 Å². The Balaban J connectivity index is 3.14. The summed E-state index contributed by atoms with van der Waals surface area (Å²) in [5.74, 6) is 0.535. The van der Waals surface area contributed by atoms with Gasteiger partial charge in [0.1, 0.15) is 5.78 Å². The normalized spacial score (nSPS) is 11.6. The first-order valence-corrected chi connectivity index (χ1v) is 27.3. The molecule has 0 spiro atoms. The fourth-order valence-corrected chi connectivity index (χ4v) is 9.05. The van der Waals surface area contributed by atoms with E-state index < -0.39 is 0 Å². The van der Waals surface area contributed by atoms with Crippen LogP contribution in [0.1, 0.15) is 348 Å². The molecular weight excluding hydrogens is 677 g/mol. The van der Waals surface area contributed by atoms with Crippen LogP contribution in [-0.4, -0.2) is 5.78 Å². The molecule has 0 bridgehead atoms. The molecule has 0 saturated carbocycles. The van der Waals surface area contributed by atoms with Crippen LogP contribution in [-0.2, 0) is 4.79 Å². The highest BCUT2D eigenvalue weighted by Crippen LogP contribution is 2.18. The maximum atomic E-state index is 12.3. The molecule has 0 fully saturated rings. The highest BCUT2D eigenvalue weighted by molar-refractivity contribution is 5.78. The van der Waals surface area contributed by atoms with E-state index in [9.17, 15) is 4.79 Å². The number of unbranched alkanes of at least 4 members (excludes halogenated alkanes) is 48. The van der Waals surface area contributed by atoms with Crippen molar-refractivity contribution in [1.82, 2.24) is 0 Å². The van der Waals surface area contributed by atoms with Gasteiger partial charge in [0.2, 0.25) is 0 Å². The maximum absolute atomic E-state index is 12.3. The Labute approximate surface area is 357 Å². The minimum absolute atomic E-state index is 0.535. The van der Waals surface area contributed by atoms with Gasteiger partial charge in [0.25, 0.3) is 0 Å². The lowest BCUT2D eigenvalue weighted by Crippen LogP contribution is -1.97. The van der Waals surface area contributed by atoms with Gasteiger partial charge in [-0.05, 0) is 12.8 Å². The Morgan fingerprint density at radius 2 is 0.286 bits per heavy atom. The lowest BCUT2D eigenvalue weighted by Gasteiger charge is -2.05. The molecule has 1 heteroatoms. The van der Waals surface area contributed by atoms with Gasteiger partial charge >= 0.3 is 0 Å². The van der Waals surface area contributed by atoms with Gasteiger partial charge in [-0.25, -0.2) is 0 Å². The summed E-state index contributed by atoms with van der Waals surface area (Å²) in [6, 6.07) is 0. The summed E-state index contributed by atoms with van der Waals surface area (Å²) >= 11 is 0. The van der Waals surface area contributed by atoms with Crippen molar-refractivity contribution in [1.29, 1.82) is 0 Å². The lowest BCUT2D eigenvalue weighted by molar-refractivity contribution is -0.119. The molecule has 0 aromatic rings. The van der Waals surface area contributed by atoms with Gasteiger partial charge in [0.15, 0.2) is 0 Å². The molecule has 0 aromatic carbocycles. The third kappa shape index (κ3) is 51.7. The van der Waals surface area contributed by atoms with Crippen LogP contribution >= 0.6 is 0 Å². The molecule has 0 aromatic heterocycles. The maximum Gasteiger partial charge on any atom is 0.132 e. The van der Waals surface area contributed by atoms with Crippen LogP contribution in [0.5, 0.6) is 0 Å². The van der Waals surface area contributed by atoms with E-state index in [-0.39, 0.29) is 0 Å². The van der Waals surface area contributed by atoms with Gasteiger partial charge in [0, 0.05) is 12.8 Å². The second-order valence-electron chi connectivity index (χ2n) is 19.0. The molecule has 56 heavy (non-hydrogen) atoms. The van der Waals surface area contributed by atoms with Crippen LogP contribution in [0.25, 0.3) is 0 Å². The molecule has 0 aliphatic carbocycles. The summed E-state index contributed by atoms with van der Waals surface area (Å²) in [5, 5.41) is 0. The van der Waals surface area contributed by atoms with Crippen LogP contribution in [0.4, 0.5) is 0 Å². The fourth-order valence-electron chi connectivity index (χ4n) is 9.05. The van der Waals surface area contributed by atoms with Crippen LogP contribution in [0.15, 0.2) is 0 Å². The summed E-state index contributed by atoms with van der Waals surface area (Å²) in [6.45, 7) is 4.61. The van der Waals surface area contributed by atoms with Crippen LogP contribution in [0.2, 0.25) is 0 Å². The zero-order valence-corrected chi connectivity index (χ0v) is 39.7. The van der Waals surface area contributed by atoms with E-state index in [1.807, 2.05) is 0 Å². The molecule has 0 saturated heterocycles. The molecular formula is C55H110O. The predicted octanol–water partition coefficient (Wildman–Crippen LogP) is 20.9. The number of hydrogen-bond donors (Lipinski definition) is 0. The fraction of sp³-hybridized carbons (Fsp3) is 0.982. The van der Waals surface area contributed by atoms with Crippen molar-refractivity contribution < 1.29 is 4.79 Å². The first kappa shape index (κ1) is 55.7. The number of ketones is 1. The highest BCUT2D eigenvalue weighted by atomic mass is 16.1. The molecule has 1 nitrogen and oxygen atoms in total. The number of Topliss-reactive ketones (excluding diaryl/α,β-unsaturated/α-hetero) is 1. The van der Waals surface area contributed by atoms with E-state index in [0.29, 0.717) is 5.78 Å². The van der Waals surface area contributed by atoms with Crippen LogP contribution < -0.4 is 0 Å². The van der Waals surface area contributed by atoms with Crippen molar-refractivity contribution in [2.45, 2.75) is 348 Å². The first-order chi connectivity index (χ1) is 27.8. The molecule has 0 radical (unpaired) electrons. The molecule has 0 aliphatic heterocycles. The topological polar surface area (TPSA) is 17.1 Å². The molecule has 0 unspecified atom stereocenters. The monoisotopic (exact) mass is 787 g/mol. The third-order valence-corrected chi connectivity index (χ3v) is 13.1. The van der Waals surface area contributed by atoms with Crippen molar-refractivity contribution in [3.63, 3.8) is 0 Å².